The average Bonchev–Trinajstić information content (AvgIpc) is 2.85. The summed E-state index contributed by atoms with van der Waals surface area (Å²) in [5.41, 5.74) is 3.44. The molecule has 0 radical (unpaired) electrons. The molecule has 92 valence electrons. The molecule has 1 fully saturated rings. The highest BCUT2D eigenvalue weighted by Crippen LogP contribution is 2.32. The zero-order chi connectivity index (χ0) is 12.4. The molecule has 2 aliphatic rings. The monoisotopic (exact) mass is 230 g/mol. The fourth-order valence-electron chi connectivity index (χ4n) is 2.80. The number of hydrogen-bond donors (Lipinski definition) is 0. The van der Waals surface area contributed by atoms with Crippen LogP contribution in [0.2, 0.25) is 0 Å². The van der Waals surface area contributed by atoms with Crippen molar-refractivity contribution in [2.45, 2.75) is 52.5 Å². The topological polar surface area (TPSA) is 15.6 Å². The van der Waals surface area contributed by atoms with E-state index in [0.717, 1.165) is 11.5 Å². The second-order valence-corrected chi connectivity index (χ2v) is 5.01. The average molecular weight is 230 g/mol. The van der Waals surface area contributed by atoms with E-state index in [9.17, 15) is 0 Å². The molecule has 2 rings (SSSR count). The van der Waals surface area contributed by atoms with Gasteiger partial charge in [0, 0.05) is 23.0 Å². The maximum atomic E-state index is 4.63. The number of hydrogen-bond acceptors (Lipinski definition) is 1. The Morgan fingerprint density at radius 2 is 2.12 bits per heavy atom. The molecule has 0 bridgehead atoms. The van der Waals surface area contributed by atoms with E-state index in [2.05, 4.69) is 42.5 Å². The molecule has 0 aromatic carbocycles. The van der Waals surface area contributed by atoms with Gasteiger partial charge in [0.05, 0.1) is 0 Å². The van der Waals surface area contributed by atoms with Crippen molar-refractivity contribution in [1.29, 1.82) is 0 Å². The number of amidine groups is 1. The van der Waals surface area contributed by atoms with E-state index in [1.807, 2.05) is 6.92 Å². The van der Waals surface area contributed by atoms with Gasteiger partial charge in [0.15, 0.2) is 0 Å². The van der Waals surface area contributed by atoms with E-state index >= 15 is 0 Å². The number of rotatable bonds is 2. The predicted octanol–water partition coefficient (Wildman–Crippen LogP) is 4.03. The van der Waals surface area contributed by atoms with E-state index in [-0.39, 0.29) is 0 Å². The molecule has 2 nitrogen and oxygen atoms in total. The first-order valence-corrected chi connectivity index (χ1v) is 6.52. The minimum Gasteiger partial charge on any atom is -0.327 e. The van der Waals surface area contributed by atoms with E-state index in [0.29, 0.717) is 6.04 Å². The van der Waals surface area contributed by atoms with Crippen molar-refractivity contribution in [2.24, 2.45) is 4.99 Å². The van der Waals surface area contributed by atoms with Crippen molar-refractivity contribution < 1.29 is 0 Å². The van der Waals surface area contributed by atoms with Gasteiger partial charge in [-0.1, -0.05) is 25.5 Å². The Bertz CT molecular complexity index is 407. The molecular weight excluding hydrogens is 208 g/mol. The van der Waals surface area contributed by atoms with E-state index in [4.69, 9.17) is 0 Å². The normalized spacial score (nSPS) is 26.1. The van der Waals surface area contributed by atoms with E-state index in [1.165, 1.54) is 37.0 Å². The molecule has 0 unspecified atom stereocenters. The summed E-state index contributed by atoms with van der Waals surface area (Å²) in [6, 6.07) is 0.641. The molecule has 0 saturated heterocycles. The maximum Gasteiger partial charge on any atom is 0.140 e. The molecule has 17 heavy (non-hydrogen) atoms. The summed E-state index contributed by atoms with van der Waals surface area (Å²) in [5.74, 6) is 1.10. The van der Waals surface area contributed by atoms with Crippen LogP contribution in [0.25, 0.3) is 0 Å². The van der Waals surface area contributed by atoms with Gasteiger partial charge >= 0.3 is 0 Å². The lowest BCUT2D eigenvalue weighted by Gasteiger charge is -2.28. The van der Waals surface area contributed by atoms with Gasteiger partial charge in [-0.25, -0.2) is 4.99 Å². The Balaban J connectivity index is 2.34. The molecule has 0 spiro atoms. The molecule has 1 heterocycles. The molecule has 2 heteroatoms. The zero-order valence-corrected chi connectivity index (χ0v) is 11.2. The number of aliphatic imine (C=N–C) groups is 1. The van der Waals surface area contributed by atoms with E-state index < -0.39 is 0 Å². The van der Waals surface area contributed by atoms with Crippen LogP contribution in [0.4, 0.5) is 0 Å². The third kappa shape index (κ3) is 2.36. The molecule has 1 aliphatic carbocycles. The molecular formula is C15H22N2. The minimum absolute atomic E-state index is 0.641. The fourth-order valence-corrected chi connectivity index (χ4v) is 2.80. The standard InChI is InChI=1S/C15H22N2/c1-5-13-10-12(4)17(14-8-6-7-9-14)15(13)16-11(2)3/h5,10,14H,2,6-9H2,1,3-4H3/b13-5-,16-15+. The van der Waals surface area contributed by atoms with Crippen molar-refractivity contribution in [1.82, 2.24) is 4.90 Å². The van der Waals surface area contributed by atoms with Crippen LogP contribution < -0.4 is 0 Å². The summed E-state index contributed by atoms with van der Waals surface area (Å²) in [6.45, 7) is 10.1. The van der Waals surface area contributed by atoms with E-state index in [1.54, 1.807) is 0 Å². The third-order valence-corrected chi connectivity index (χ3v) is 3.53. The Morgan fingerprint density at radius 1 is 1.47 bits per heavy atom. The smallest absolute Gasteiger partial charge is 0.140 e. The Labute approximate surface area is 104 Å². The van der Waals surface area contributed by atoms with Crippen LogP contribution in [-0.2, 0) is 0 Å². The van der Waals surface area contributed by atoms with Gasteiger partial charge in [-0.15, -0.1) is 0 Å². The first-order valence-electron chi connectivity index (χ1n) is 6.52. The van der Waals surface area contributed by atoms with Crippen molar-refractivity contribution in [3.8, 4) is 0 Å². The Hall–Kier alpha value is -1.31. The summed E-state index contributed by atoms with van der Waals surface area (Å²) in [4.78, 5) is 7.05. The summed E-state index contributed by atoms with van der Waals surface area (Å²) < 4.78 is 0. The van der Waals surface area contributed by atoms with Gasteiger partial charge < -0.3 is 4.90 Å². The third-order valence-electron chi connectivity index (χ3n) is 3.53. The highest BCUT2D eigenvalue weighted by Gasteiger charge is 2.31. The first kappa shape index (κ1) is 12.2. The molecule has 1 saturated carbocycles. The fraction of sp³-hybridized carbons (Fsp3) is 0.533. The SMILES string of the molecule is C=C(C)/N=C1\C(=C/C)C=C(C)N1C1CCCC1. The van der Waals surface area contributed by atoms with Crippen LogP contribution in [0, 0.1) is 0 Å². The molecule has 0 amide bonds. The van der Waals surface area contributed by atoms with Gasteiger partial charge in [-0.3, -0.25) is 0 Å². The zero-order valence-electron chi connectivity index (χ0n) is 11.2. The van der Waals surface area contributed by atoms with Crippen LogP contribution >= 0.6 is 0 Å². The maximum absolute atomic E-state index is 4.63. The van der Waals surface area contributed by atoms with Gasteiger partial charge in [0.2, 0.25) is 0 Å². The van der Waals surface area contributed by atoms with Gasteiger partial charge in [0.1, 0.15) is 5.84 Å². The lowest BCUT2D eigenvalue weighted by atomic mass is 10.2. The lowest BCUT2D eigenvalue weighted by Crippen LogP contribution is -2.34. The summed E-state index contributed by atoms with van der Waals surface area (Å²) in [6.07, 6.45) is 9.65. The summed E-state index contributed by atoms with van der Waals surface area (Å²) in [5, 5.41) is 0. The highest BCUT2D eigenvalue weighted by molar-refractivity contribution is 6.05. The second-order valence-electron chi connectivity index (χ2n) is 5.01. The van der Waals surface area contributed by atoms with Crippen molar-refractivity contribution in [2.75, 3.05) is 0 Å². The lowest BCUT2D eigenvalue weighted by molar-refractivity contribution is 0.387. The highest BCUT2D eigenvalue weighted by atomic mass is 15.2. The minimum atomic E-state index is 0.641. The van der Waals surface area contributed by atoms with Crippen LogP contribution in [0.5, 0.6) is 0 Å². The second kappa shape index (κ2) is 4.91. The molecule has 0 N–H and O–H groups in total. The largest absolute Gasteiger partial charge is 0.327 e. The Morgan fingerprint density at radius 3 is 2.65 bits per heavy atom. The molecule has 1 aliphatic heterocycles. The van der Waals surface area contributed by atoms with Crippen molar-refractivity contribution in [3.63, 3.8) is 0 Å². The summed E-state index contributed by atoms with van der Waals surface area (Å²) >= 11 is 0. The summed E-state index contributed by atoms with van der Waals surface area (Å²) in [7, 11) is 0. The predicted molar refractivity (Wildman–Crippen MR) is 73.9 cm³/mol. The van der Waals surface area contributed by atoms with Gasteiger partial charge in [-0.2, -0.15) is 0 Å². The molecule has 0 aromatic heterocycles. The Kier molecular flexibility index (Phi) is 3.51. The van der Waals surface area contributed by atoms with Gasteiger partial charge in [-0.05, 0) is 39.7 Å². The van der Waals surface area contributed by atoms with Crippen LogP contribution in [0.3, 0.4) is 0 Å². The first-order chi connectivity index (χ1) is 8.13. The van der Waals surface area contributed by atoms with Gasteiger partial charge in [0.25, 0.3) is 0 Å². The van der Waals surface area contributed by atoms with Crippen molar-refractivity contribution in [3.05, 3.63) is 35.7 Å². The van der Waals surface area contributed by atoms with Crippen LogP contribution in [0.1, 0.15) is 46.5 Å². The number of allylic oxidation sites excluding steroid dienone is 3. The van der Waals surface area contributed by atoms with Crippen molar-refractivity contribution >= 4 is 5.84 Å². The van der Waals surface area contributed by atoms with Crippen LogP contribution in [0.15, 0.2) is 40.7 Å². The number of nitrogens with zero attached hydrogens (tertiary/aromatic N) is 2. The molecule has 0 aromatic rings. The van der Waals surface area contributed by atoms with Crippen LogP contribution in [-0.4, -0.2) is 16.8 Å². The molecule has 0 atom stereocenters. The quantitative estimate of drug-likeness (QED) is 0.699.